The lowest BCUT2D eigenvalue weighted by atomic mass is 9.83. The van der Waals surface area contributed by atoms with Crippen LogP contribution in [0.25, 0.3) is 11.1 Å². The van der Waals surface area contributed by atoms with Crippen molar-refractivity contribution in [2.24, 2.45) is 0 Å². The van der Waals surface area contributed by atoms with Crippen molar-refractivity contribution >= 4 is 5.97 Å². The van der Waals surface area contributed by atoms with Gasteiger partial charge < -0.3 is 14.6 Å². The molecule has 1 aliphatic rings. The van der Waals surface area contributed by atoms with Crippen LogP contribution in [0.2, 0.25) is 0 Å². The van der Waals surface area contributed by atoms with Crippen molar-refractivity contribution in [1.82, 2.24) is 0 Å². The fourth-order valence-corrected chi connectivity index (χ4v) is 3.97. The van der Waals surface area contributed by atoms with E-state index >= 15 is 0 Å². The Kier molecular flexibility index (Phi) is 8.09. The fourth-order valence-electron chi connectivity index (χ4n) is 3.97. The molecule has 3 rings (SSSR count). The summed E-state index contributed by atoms with van der Waals surface area (Å²) in [5.74, 6) is 1.00. The molecule has 1 fully saturated rings. The number of hydrogen-bond acceptors (Lipinski definition) is 4. The van der Waals surface area contributed by atoms with Crippen molar-refractivity contribution in [3.63, 3.8) is 0 Å². The highest BCUT2D eigenvalue weighted by Crippen LogP contribution is 2.34. The van der Waals surface area contributed by atoms with E-state index in [4.69, 9.17) is 14.6 Å². The van der Waals surface area contributed by atoms with Crippen LogP contribution in [0.15, 0.2) is 54.1 Å². The molecule has 0 saturated heterocycles. The second-order valence-corrected chi connectivity index (χ2v) is 7.90. The first-order valence-electron chi connectivity index (χ1n) is 10.9. The fraction of sp³-hybridized carbons (Fsp3) is 0.423. The van der Waals surface area contributed by atoms with Crippen molar-refractivity contribution in [3.05, 3.63) is 65.2 Å². The van der Waals surface area contributed by atoms with Crippen LogP contribution < -0.4 is 4.74 Å². The van der Waals surface area contributed by atoms with Gasteiger partial charge in [-0.1, -0.05) is 55.7 Å². The second-order valence-electron chi connectivity index (χ2n) is 7.90. The van der Waals surface area contributed by atoms with Crippen LogP contribution in [0.3, 0.4) is 0 Å². The van der Waals surface area contributed by atoms with Crippen LogP contribution in [-0.2, 0) is 16.1 Å². The average Bonchev–Trinajstić information content (AvgIpc) is 2.81. The molecule has 0 bridgehead atoms. The van der Waals surface area contributed by atoms with Crippen LogP contribution in [0.4, 0.5) is 0 Å². The maximum atomic E-state index is 12.1. The predicted octanol–water partition coefficient (Wildman–Crippen LogP) is 5.78. The summed E-state index contributed by atoms with van der Waals surface area (Å²) in [5.41, 5.74) is 5.00. The van der Waals surface area contributed by atoms with E-state index in [-0.39, 0.29) is 25.8 Å². The van der Waals surface area contributed by atoms with E-state index in [1.54, 1.807) is 13.0 Å². The zero-order chi connectivity index (χ0) is 21.3. The molecular weight excluding hydrogens is 376 g/mol. The number of rotatable bonds is 8. The van der Waals surface area contributed by atoms with E-state index in [0.717, 1.165) is 16.7 Å². The van der Waals surface area contributed by atoms with Crippen LogP contribution >= 0.6 is 0 Å². The van der Waals surface area contributed by atoms with Gasteiger partial charge in [-0.25, -0.2) is 4.79 Å². The Morgan fingerprint density at radius 2 is 1.83 bits per heavy atom. The van der Waals surface area contributed by atoms with Crippen molar-refractivity contribution in [2.75, 3.05) is 13.2 Å². The molecule has 0 heterocycles. The number of ether oxygens (including phenoxy) is 2. The lowest BCUT2D eigenvalue weighted by Crippen LogP contribution is -2.07. The van der Waals surface area contributed by atoms with Gasteiger partial charge in [0.25, 0.3) is 0 Å². The van der Waals surface area contributed by atoms with Crippen molar-refractivity contribution in [2.45, 2.75) is 58.5 Å². The Balaban J connectivity index is 1.83. The number of esters is 1. The minimum atomic E-state index is -0.322. The molecule has 4 nitrogen and oxygen atoms in total. The SMILES string of the molecule is C/C=C(\C)C(=O)OCc1cc(OCCO)ccc1-c1ccc(C2CCCCC2)cc1. The van der Waals surface area contributed by atoms with E-state index in [9.17, 15) is 4.79 Å². The Bertz CT molecular complexity index is 861. The maximum absolute atomic E-state index is 12.1. The summed E-state index contributed by atoms with van der Waals surface area (Å²) in [6.45, 7) is 3.91. The highest BCUT2D eigenvalue weighted by molar-refractivity contribution is 5.87. The molecular formula is C26H32O4. The van der Waals surface area contributed by atoms with E-state index in [0.29, 0.717) is 17.2 Å². The summed E-state index contributed by atoms with van der Waals surface area (Å²) >= 11 is 0. The van der Waals surface area contributed by atoms with E-state index in [1.807, 2.05) is 25.1 Å². The van der Waals surface area contributed by atoms with E-state index < -0.39 is 0 Å². The molecule has 160 valence electrons. The van der Waals surface area contributed by atoms with Gasteiger partial charge in [0, 0.05) is 11.1 Å². The molecule has 0 unspecified atom stereocenters. The van der Waals surface area contributed by atoms with Gasteiger partial charge in [-0.2, -0.15) is 0 Å². The summed E-state index contributed by atoms with van der Waals surface area (Å²) in [5, 5.41) is 9.03. The van der Waals surface area contributed by atoms with Crippen LogP contribution in [0.5, 0.6) is 5.75 Å². The van der Waals surface area contributed by atoms with Gasteiger partial charge in [0.1, 0.15) is 19.0 Å². The molecule has 0 spiro atoms. The van der Waals surface area contributed by atoms with E-state index in [2.05, 4.69) is 24.3 Å². The van der Waals surface area contributed by atoms with Gasteiger partial charge in [0.15, 0.2) is 0 Å². The highest BCUT2D eigenvalue weighted by atomic mass is 16.5. The zero-order valence-electron chi connectivity index (χ0n) is 18.0. The average molecular weight is 409 g/mol. The monoisotopic (exact) mass is 408 g/mol. The van der Waals surface area contributed by atoms with Crippen molar-refractivity contribution in [1.29, 1.82) is 0 Å². The summed E-state index contributed by atoms with van der Waals surface area (Å²) in [6.07, 6.45) is 8.30. The summed E-state index contributed by atoms with van der Waals surface area (Å²) < 4.78 is 11.1. The van der Waals surface area contributed by atoms with Gasteiger partial charge >= 0.3 is 5.97 Å². The number of aliphatic hydroxyl groups is 1. The van der Waals surface area contributed by atoms with Gasteiger partial charge in [-0.15, -0.1) is 0 Å². The third kappa shape index (κ3) is 5.73. The number of allylic oxidation sites excluding steroid dienone is 1. The number of carbonyl (C=O) groups excluding carboxylic acids is 1. The lowest BCUT2D eigenvalue weighted by molar-refractivity contribution is -0.140. The number of carbonyl (C=O) groups is 1. The minimum Gasteiger partial charge on any atom is -0.491 e. The summed E-state index contributed by atoms with van der Waals surface area (Å²) in [4.78, 5) is 12.1. The van der Waals surface area contributed by atoms with Gasteiger partial charge in [0.2, 0.25) is 0 Å². The molecule has 30 heavy (non-hydrogen) atoms. The van der Waals surface area contributed by atoms with Crippen molar-refractivity contribution < 1.29 is 19.4 Å². The van der Waals surface area contributed by atoms with E-state index in [1.165, 1.54) is 37.7 Å². The molecule has 1 N–H and O–H groups in total. The maximum Gasteiger partial charge on any atom is 0.333 e. The topological polar surface area (TPSA) is 55.8 Å². The number of benzene rings is 2. The Labute approximate surface area is 179 Å². The Hall–Kier alpha value is -2.59. The molecule has 2 aromatic rings. The standard InChI is InChI=1S/C26H32O4/c1-3-19(2)26(28)30-18-23-17-24(29-16-15-27)13-14-25(23)22-11-9-21(10-12-22)20-7-5-4-6-8-20/h3,9-14,17,20,27H,4-8,15-16,18H2,1-2H3/b19-3+. The van der Waals surface area contributed by atoms with Crippen LogP contribution in [-0.4, -0.2) is 24.3 Å². The molecule has 0 aliphatic heterocycles. The number of hydrogen-bond donors (Lipinski definition) is 1. The Morgan fingerprint density at radius 3 is 2.50 bits per heavy atom. The zero-order valence-corrected chi connectivity index (χ0v) is 18.0. The summed E-state index contributed by atoms with van der Waals surface area (Å²) in [6, 6.07) is 14.6. The first-order valence-corrected chi connectivity index (χ1v) is 10.9. The van der Waals surface area contributed by atoms with Gasteiger partial charge in [-0.3, -0.25) is 0 Å². The first kappa shape index (κ1) is 22.1. The quantitative estimate of drug-likeness (QED) is 0.444. The molecule has 0 atom stereocenters. The van der Waals surface area contributed by atoms with Crippen LogP contribution in [0, 0.1) is 0 Å². The van der Waals surface area contributed by atoms with Crippen molar-refractivity contribution in [3.8, 4) is 16.9 Å². The minimum absolute atomic E-state index is 0.0464. The molecule has 0 aromatic heterocycles. The third-order valence-corrected chi connectivity index (χ3v) is 5.85. The van der Waals surface area contributed by atoms with Gasteiger partial charge in [-0.05, 0) is 61.4 Å². The second kappa shape index (κ2) is 11.0. The molecule has 1 saturated carbocycles. The third-order valence-electron chi connectivity index (χ3n) is 5.85. The summed E-state index contributed by atoms with van der Waals surface area (Å²) in [7, 11) is 0. The molecule has 4 heteroatoms. The lowest BCUT2D eigenvalue weighted by Gasteiger charge is -2.22. The molecule has 0 radical (unpaired) electrons. The first-order chi connectivity index (χ1) is 14.6. The normalized spacial score (nSPS) is 15.1. The molecule has 0 amide bonds. The molecule has 1 aliphatic carbocycles. The Morgan fingerprint density at radius 1 is 1.10 bits per heavy atom. The predicted molar refractivity (Wildman–Crippen MR) is 120 cm³/mol. The smallest absolute Gasteiger partial charge is 0.333 e. The van der Waals surface area contributed by atoms with Crippen LogP contribution in [0.1, 0.15) is 63.0 Å². The highest BCUT2D eigenvalue weighted by Gasteiger charge is 2.16. The molecule has 2 aromatic carbocycles. The van der Waals surface area contributed by atoms with Gasteiger partial charge in [0.05, 0.1) is 6.61 Å². The number of aliphatic hydroxyl groups excluding tert-OH is 1. The largest absolute Gasteiger partial charge is 0.491 e.